The van der Waals surface area contributed by atoms with Gasteiger partial charge in [-0.15, -0.1) is 0 Å². The summed E-state index contributed by atoms with van der Waals surface area (Å²) in [5.74, 6) is -1.44. The molecule has 9 nitrogen and oxygen atoms in total. The van der Waals surface area contributed by atoms with Crippen LogP contribution in [0.4, 0.5) is 17.1 Å². The van der Waals surface area contributed by atoms with Crippen molar-refractivity contribution in [2.75, 3.05) is 23.4 Å². The van der Waals surface area contributed by atoms with Gasteiger partial charge in [-0.05, 0) is 30.7 Å². The summed E-state index contributed by atoms with van der Waals surface area (Å²) in [6, 6.07) is 12.1. The predicted molar refractivity (Wildman–Crippen MR) is 100 cm³/mol. The zero-order valence-corrected chi connectivity index (χ0v) is 14.8. The van der Waals surface area contributed by atoms with Gasteiger partial charge < -0.3 is 15.0 Å². The number of carbonyl (C=O) groups is 3. The summed E-state index contributed by atoms with van der Waals surface area (Å²) >= 11 is 0. The van der Waals surface area contributed by atoms with Crippen LogP contribution in [0.1, 0.15) is 23.2 Å². The number of nitro groups is 1. The minimum Gasteiger partial charge on any atom is -0.452 e. The molecule has 1 fully saturated rings. The Hall–Kier alpha value is -3.75. The van der Waals surface area contributed by atoms with Crippen molar-refractivity contribution in [3.05, 3.63) is 64.2 Å². The summed E-state index contributed by atoms with van der Waals surface area (Å²) in [5, 5.41) is 13.3. The van der Waals surface area contributed by atoms with Crippen LogP contribution < -0.4 is 10.2 Å². The summed E-state index contributed by atoms with van der Waals surface area (Å²) in [5.41, 5.74) is 0.560. The lowest BCUT2D eigenvalue weighted by molar-refractivity contribution is -0.383. The Labute approximate surface area is 160 Å². The second-order valence-corrected chi connectivity index (χ2v) is 6.10. The van der Waals surface area contributed by atoms with Gasteiger partial charge in [0.1, 0.15) is 5.69 Å². The molecule has 0 aromatic heterocycles. The molecule has 2 aromatic carbocycles. The molecule has 0 saturated carbocycles. The Bertz CT molecular complexity index is 943. The van der Waals surface area contributed by atoms with Crippen LogP contribution in [0.2, 0.25) is 0 Å². The number of nitrogens with zero attached hydrogens (tertiary/aromatic N) is 2. The van der Waals surface area contributed by atoms with E-state index in [1.807, 2.05) is 0 Å². The third-order valence-corrected chi connectivity index (χ3v) is 4.18. The number of carbonyl (C=O) groups excluding carboxylic acids is 3. The lowest BCUT2D eigenvalue weighted by atomic mass is 10.2. The molecule has 0 bridgehead atoms. The molecule has 144 valence electrons. The van der Waals surface area contributed by atoms with Gasteiger partial charge in [0.15, 0.2) is 6.61 Å². The minimum absolute atomic E-state index is 0.00523. The van der Waals surface area contributed by atoms with Gasteiger partial charge in [0.05, 0.1) is 10.5 Å². The first-order chi connectivity index (χ1) is 13.5. The van der Waals surface area contributed by atoms with Crippen molar-refractivity contribution in [2.45, 2.75) is 12.8 Å². The molecule has 2 aromatic rings. The van der Waals surface area contributed by atoms with E-state index in [2.05, 4.69) is 5.32 Å². The minimum atomic E-state index is -0.730. The highest BCUT2D eigenvalue weighted by Gasteiger charge is 2.23. The van der Waals surface area contributed by atoms with Crippen LogP contribution in [0.25, 0.3) is 0 Å². The standard InChI is InChI=1S/C19H17N3O6/c23-17(20-15-7-1-2-8-16(15)22(26)27)12-28-19(25)13-5-3-6-14(11-13)21-10-4-9-18(21)24/h1-3,5-8,11H,4,9-10,12H2,(H,20,23). The number of esters is 1. The first-order valence-corrected chi connectivity index (χ1v) is 8.56. The first kappa shape index (κ1) is 19.0. The zero-order chi connectivity index (χ0) is 20.1. The number of anilines is 2. The zero-order valence-electron chi connectivity index (χ0n) is 14.8. The van der Waals surface area contributed by atoms with Gasteiger partial charge in [-0.2, -0.15) is 0 Å². The topological polar surface area (TPSA) is 119 Å². The largest absolute Gasteiger partial charge is 0.452 e. The quantitative estimate of drug-likeness (QED) is 0.465. The highest BCUT2D eigenvalue weighted by atomic mass is 16.6. The Balaban J connectivity index is 1.61. The Morgan fingerprint density at radius 3 is 2.68 bits per heavy atom. The molecular weight excluding hydrogens is 366 g/mol. The molecule has 28 heavy (non-hydrogen) atoms. The van der Waals surface area contributed by atoms with Crippen LogP contribution in [0.3, 0.4) is 0 Å². The smallest absolute Gasteiger partial charge is 0.338 e. The van der Waals surface area contributed by atoms with Crippen LogP contribution in [-0.4, -0.2) is 35.9 Å². The van der Waals surface area contributed by atoms with E-state index in [9.17, 15) is 24.5 Å². The van der Waals surface area contributed by atoms with Crippen molar-refractivity contribution in [3.8, 4) is 0 Å². The van der Waals surface area contributed by atoms with Gasteiger partial charge in [0, 0.05) is 24.7 Å². The fourth-order valence-electron chi connectivity index (χ4n) is 2.86. The molecule has 3 rings (SSSR count). The monoisotopic (exact) mass is 383 g/mol. The molecule has 1 saturated heterocycles. The van der Waals surface area contributed by atoms with E-state index in [1.165, 1.54) is 30.3 Å². The summed E-state index contributed by atoms with van der Waals surface area (Å²) in [4.78, 5) is 48.0. The highest BCUT2D eigenvalue weighted by Crippen LogP contribution is 2.24. The molecule has 1 aliphatic heterocycles. The number of amides is 2. The van der Waals surface area contributed by atoms with Crippen molar-refractivity contribution in [3.63, 3.8) is 0 Å². The second-order valence-electron chi connectivity index (χ2n) is 6.10. The number of benzene rings is 2. The van der Waals surface area contributed by atoms with Crippen LogP contribution >= 0.6 is 0 Å². The fraction of sp³-hybridized carbons (Fsp3) is 0.211. The molecule has 0 radical (unpaired) electrons. The summed E-state index contributed by atoms with van der Waals surface area (Å²) in [7, 11) is 0. The molecule has 0 unspecified atom stereocenters. The van der Waals surface area contributed by atoms with Gasteiger partial charge in [-0.25, -0.2) is 4.79 Å². The highest BCUT2D eigenvalue weighted by molar-refractivity contribution is 5.99. The number of nitro benzene ring substituents is 1. The van der Waals surface area contributed by atoms with Gasteiger partial charge >= 0.3 is 5.97 Å². The number of hydrogen-bond acceptors (Lipinski definition) is 6. The Morgan fingerprint density at radius 1 is 1.18 bits per heavy atom. The number of rotatable bonds is 6. The van der Waals surface area contributed by atoms with E-state index in [-0.39, 0.29) is 22.8 Å². The van der Waals surface area contributed by atoms with E-state index in [1.54, 1.807) is 23.1 Å². The van der Waals surface area contributed by atoms with Crippen molar-refractivity contribution in [1.29, 1.82) is 0 Å². The van der Waals surface area contributed by atoms with E-state index in [0.717, 1.165) is 6.42 Å². The Kier molecular flexibility index (Phi) is 5.64. The van der Waals surface area contributed by atoms with Crippen molar-refractivity contribution < 1.29 is 24.0 Å². The maximum atomic E-state index is 12.2. The van der Waals surface area contributed by atoms with E-state index >= 15 is 0 Å². The Morgan fingerprint density at radius 2 is 1.96 bits per heavy atom. The average molecular weight is 383 g/mol. The third-order valence-electron chi connectivity index (χ3n) is 4.18. The first-order valence-electron chi connectivity index (χ1n) is 8.56. The average Bonchev–Trinajstić information content (AvgIpc) is 3.12. The van der Waals surface area contributed by atoms with E-state index in [4.69, 9.17) is 4.74 Å². The maximum absolute atomic E-state index is 12.2. The molecule has 0 atom stereocenters. The van der Waals surface area contributed by atoms with Crippen molar-refractivity contribution in [2.24, 2.45) is 0 Å². The molecule has 0 aliphatic carbocycles. The van der Waals surface area contributed by atoms with E-state index < -0.39 is 23.4 Å². The van der Waals surface area contributed by atoms with E-state index in [0.29, 0.717) is 18.7 Å². The van der Waals surface area contributed by atoms with Gasteiger partial charge in [-0.1, -0.05) is 18.2 Å². The molecule has 1 heterocycles. The lowest BCUT2D eigenvalue weighted by Gasteiger charge is -2.16. The summed E-state index contributed by atoms with van der Waals surface area (Å²) < 4.78 is 4.98. The van der Waals surface area contributed by atoms with Crippen LogP contribution in [0, 0.1) is 10.1 Å². The molecule has 1 N–H and O–H groups in total. The number of para-hydroxylation sites is 2. The van der Waals surface area contributed by atoms with Crippen molar-refractivity contribution >= 4 is 34.8 Å². The van der Waals surface area contributed by atoms with Crippen LogP contribution in [0.15, 0.2) is 48.5 Å². The molecule has 2 amide bonds. The van der Waals surface area contributed by atoms with Gasteiger partial charge in [0.2, 0.25) is 5.91 Å². The third kappa shape index (κ3) is 4.32. The van der Waals surface area contributed by atoms with Crippen LogP contribution in [0.5, 0.6) is 0 Å². The molecule has 0 spiro atoms. The lowest BCUT2D eigenvalue weighted by Crippen LogP contribution is -2.24. The normalized spacial score (nSPS) is 13.3. The van der Waals surface area contributed by atoms with Crippen molar-refractivity contribution in [1.82, 2.24) is 0 Å². The molecule has 9 heteroatoms. The molecule has 1 aliphatic rings. The number of hydrogen-bond donors (Lipinski definition) is 1. The maximum Gasteiger partial charge on any atom is 0.338 e. The van der Waals surface area contributed by atoms with Crippen LogP contribution in [-0.2, 0) is 14.3 Å². The van der Waals surface area contributed by atoms with Gasteiger partial charge in [0.25, 0.3) is 11.6 Å². The summed E-state index contributed by atoms with van der Waals surface area (Å²) in [6.07, 6.45) is 1.24. The number of nitrogens with one attached hydrogen (secondary N) is 1. The van der Waals surface area contributed by atoms with Gasteiger partial charge in [-0.3, -0.25) is 19.7 Å². The molecular formula is C19H17N3O6. The fourth-order valence-corrected chi connectivity index (χ4v) is 2.86. The predicted octanol–water partition coefficient (Wildman–Crippen LogP) is 2.52. The SMILES string of the molecule is O=C(COC(=O)c1cccc(N2CCCC2=O)c1)Nc1ccccc1[N+](=O)[O-]. The number of ether oxygens (including phenoxy) is 1. The second kappa shape index (κ2) is 8.30. The summed E-state index contributed by atoms with van der Waals surface area (Å²) in [6.45, 7) is -0.00660.